The fourth-order valence-corrected chi connectivity index (χ4v) is 17.0. The molecular formula is C103H105F3N24O7. The molecular weight excluding hydrogens is 1740 g/mol. The molecule has 4 fully saturated rings. The molecule has 4 aliphatic heterocycles. The number of nitrogens with zero attached hydrogens (tertiary/aromatic N) is 16. The number of amides is 9. The largest absolute Gasteiger partial charge is 0.497 e. The van der Waals surface area contributed by atoms with Gasteiger partial charge in [0.15, 0.2) is 0 Å². The van der Waals surface area contributed by atoms with Crippen molar-refractivity contribution in [1.82, 2.24) is 101 Å². The summed E-state index contributed by atoms with van der Waals surface area (Å²) in [5.41, 5.74) is 16.2. The van der Waals surface area contributed by atoms with E-state index in [1.807, 2.05) is 108 Å². The number of anilines is 4. The quantitative estimate of drug-likeness (QED) is 0.0420. The van der Waals surface area contributed by atoms with Gasteiger partial charge in [-0.15, -0.1) is 0 Å². The summed E-state index contributed by atoms with van der Waals surface area (Å²) >= 11 is 0. The Balaban J connectivity index is 0.000000127. The van der Waals surface area contributed by atoms with Gasteiger partial charge in [0, 0.05) is 133 Å². The van der Waals surface area contributed by atoms with Crippen LogP contribution in [0.2, 0.25) is 0 Å². The molecule has 0 unspecified atom stereocenters. The van der Waals surface area contributed by atoms with Crippen LogP contribution >= 0.6 is 0 Å². The number of aryl methyl sites for hydroxylation is 2. The zero-order valence-corrected chi connectivity index (χ0v) is 76.9. The van der Waals surface area contributed by atoms with E-state index >= 15 is 0 Å². The summed E-state index contributed by atoms with van der Waals surface area (Å²) in [6.07, 6.45) is 6.19. The topological polar surface area (TPSA) is 344 Å². The molecule has 31 nitrogen and oxygen atoms in total. The van der Waals surface area contributed by atoms with Crippen molar-refractivity contribution in [1.29, 1.82) is 0 Å². The number of fused-ring (bicyclic) bond motifs is 4. The second kappa shape index (κ2) is 42.2. The lowest BCUT2D eigenvalue weighted by molar-refractivity contribution is 0.0950. The minimum Gasteiger partial charge on any atom is -0.497 e. The summed E-state index contributed by atoms with van der Waals surface area (Å²) in [5.74, 6) is 3.67. The molecule has 700 valence electrons. The van der Waals surface area contributed by atoms with Crippen molar-refractivity contribution in [3.63, 3.8) is 0 Å². The van der Waals surface area contributed by atoms with Crippen molar-refractivity contribution >= 4 is 97.4 Å². The molecule has 8 N–H and O–H groups in total. The number of piperazine rings is 4. The van der Waals surface area contributed by atoms with Crippen molar-refractivity contribution < 1.29 is 46.6 Å². The minimum absolute atomic E-state index is 0.0548. The Hall–Kier alpha value is -16.4. The highest BCUT2D eigenvalue weighted by molar-refractivity contribution is 6.04. The van der Waals surface area contributed by atoms with Crippen LogP contribution in [0.3, 0.4) is 0 Å². The van der Waals surface area contributed by atoms with E-state index in [0.717, 1.165) is 141 Å². The van der Waals surface area contributed by atoms with Gasteiger partial charge >= 0.3 is 24.1 Å². The van der Waals surface area contributed by atoms with Crippen molar-refractivity contribution in [2.75, 3.05) is 139 Å². The van der Waals surface area contributed by atoms with E-state index in [4.69, 9.17) is 9.47 Å². The highest BCUT2D eigenvalue weighted by Gasteiger charge is 2.31. The molecule has 0 aliphatic carbocycles. The Morgan fingerprint density at radius 2 is 0.606 bits per heavy atom. The zero-order valence-electron chi connectivity index (χ0n) is 76.9. The second-order valence-corrected chi connectivity index (χ2v) is 34.0. The third-order valence-corrected chi connectivity index (χ3v) is 25.0. The van der Waals surface area contributed by atoms with Gasteiger partial charge in [0.1, 0.15) is 100 Å². The van der Waals surface area contributed by atoms with Gasteiger partial charge in [-0.25, -0.2) is 72.2 Å². The van der Waals surface area contributed by atoms with Gasteiger partial charge < -0.3 is 84.6 Å². The number of urea groups is 4. The van der Waals surface area contributed by atoms with Crippen LogP contribution in [0.4, 0.5) is 55.6 Å². The minimum atomic E-state index is -0.392. The normalized spacial score (nSPS) is 14.6. The number of methoxy groups -OCH3 is 2. The summed E-state index contributed by atoms with van der Waals surface area (Å²) in [6, 6.07) is 66.9. The second-order valence-electron chi connectivity index (χ2n) is 34.0. The first-order valence-corrected chi connectivity index (χ1v) is 45.4. The average molecular weight is 1850 g/mol. The Bertz CT molecular complexity index is 6880. The SMILES string of the molecule is COc1ccc([C@@H](C)NC(=O)N2CCN(c3ncnc4[nH]c(-c5ccc(F)cc5)cc34)CC2)cc1.COc1cccc([C@H](C)NC(=O)N2CCN(c3ncnc4[nH]c(-c5ccc(F)cc5)cc34)CC2)c1.Cc1ccc(-c2cc3c(N4CCN(C(=O)NC(=O)c5ccccc5)CC4)ncnc3[nH]2)cc1.Cc1ccc([C@@H](C)NC(=O)N2CCN(c3ncnc4[nH]c(-c5ccc(F)cc5)cc34)CC2)cc1. The number of halogens is 3. The van der Waals surface area contributed by atoms with Crippen molar-refractivity contribution in [3.05, 3.63) is 301 Å². The van der Waals surface area contributed by atoms with Crippen LogP contribution in [0.5, 0.6) is 11.5 Å². The maximum atomic E-state index is 13.3. The Labute approximate surface area is 788 Å². The molecule has 9 amide bonds. The van der Waals surface area contributed by atoms with Crippen molar-refractivity contribution in [2.24, 2.45) is 0 Å². The molecule has 12 heterocycles. The summed E-state index contributed by atoms with van der Waals surface area (Å²) in [5, 5.41) is 15.4. The van der Waals surface area contributed by atoms with Crippen LogP contribution in [-0.2, 0) is 0 Å². The number of carbonyl (C=O) groups is 5. The Morgan fingerprint density at radius 1 is 0.314 bits per heavy atom. The summed E-state index contributed by atoms with van der Waals surface area (Å²) in [6.45, 7) is 19.8. The zero-order chi connectivity index (χ0) is 95.2. The van der Waals surface area contributed by atoms with Crippen LogP contribution < -0.4 is 50.3 Å². The molecule has 137 heavy (non-hydrogen) atoms. The van der Waals surface area contributed by atoms with E-state index in [0.29, 0.717) is 110 Å². The fourth-order valence-electron chi connectivity index (χ4n) is 17.0. The number of hydrogen-bond donors (Lipinski definition) is 8. The van der Waals surface area contributed by atoms with E-state index in [2.05, 4.69) is 169 Å². The average Bonchev–Trinajstić information content (AvgIpc) is 1.68. The van der Waals surface area contributed by atoms with Gasteiger partial charge in [-0.3, -0.25) is 10.1 Å². The predicted molar refractivity (Wildman–Crippen MR) is 524 cm³/mol. The smallest absolute Gasteiger partial charge is 0.324 e. The molecule has 8 aromatic heterocycles. The number of aromatic nitrogens is 12. The standard InChI is InChI=1S/2C26H27FN6O2.C26H27FN6O.C25H24N6O2/c1-17(18-5-9-21(35-2)10-6-18)30-26(34)33-13-11-32(12-14-33)25-22-15-23(31-24(22)28-16-29-25)19-3-7-20(27)8-4-19;1-17(19-4-3-5-21(14-19)35-2)30-26(34)33-12-10-32(11-13-33)25-22-15-23(31-24(22)28-16-29-25)18-6-8-20(27)9-7-18;1-17-3-5-19(6-4-17)18(2)30-26(34)33-13-11-32(12-14-33)25-22-15-23(31-24(22)28-16-29-25)20-7-9-21(27)10-8-20;1-17-7-9-18(10-8-17)21-15-20-22(28-21)26-16-27-23(20)30-11-13-31(14-12-30)25(33)29-24(32)19-5-3-2-4-6-19/h3-10,15-17H,11-14H2,1-2H3,(H,30,34)(H,28,29,31);3-9,14-17H,10-13H2,1-2H3,(H,30,34)(H,28,29,31);3-10,15-16,18H,11-14H2,1-2H3,(H,30,34)(H,28,29,31);2-10,15-16H,11-14H2,1H3,(H,26,27,28)(H,29,32,33)/t2*17-;18-;/m101./s1. The first-order chi connectivity index (χ1) is 66.6. The number of rotatable bonds is 17. The van der Waals surface area contributed by atoms with E-state index in [1.54, 1.807) is 92.4 Å². The van der Waals surface area contributed by atoms with Gasteiger partial charge in [-0.2, -0.15) is 0 Å². The van der Waals surface area contributed by atoms with Crippen LogP contribution in [-0.4, -0.2) is 228 Å². The van der Waals surface area contributed by atoms with E-state index in [1.165, 1.54) is 60.2 Å². The first kappa shape index (κ1) is 92.4. The Morgan fingerprint density at radius 3 is 0.927 bits per heavy atom. The number of H-pyrrole nitrogens is 4. The molecule has 4 aliphatic rings. The van der Waals surface area contributed by atoms with E-state index in [-0.39, 0.29) is 59.7 Å². The van der Waals surface area contributed by atoms with Gasteiger partial charge in [-0.05, 0) is 207 Å². The van der Waals surface area contributed by atoms with Crippen molar-refractivity contribution in [2.45, 2.75) is 52.7 Å². The summed E-state index contributed by atoms with van der Waals surface area (Å²) in [4.78, 5) is 128. The van der Waals surface area contributed by atoms with Crippen molar-refractivity contribution in [3.8, 4) is 56.5 Å². The molecule has 0 radical (unpaired) electrons. The molecule has 0 bridgehead atoms. The van der Waals surface area contributed by atoms with Gasteiger partial charge in [0.05, 0.1) is 53.9 Å². The summed E-state index contributed by atoms with van der Waals surface area (Å²) < 4.78 is 50.4. The summed E-state index contributed by atoms with van der Waals surface area (Å²) in [7, 11) is 3.26. The van der Waals surface area contributed by atoms with Crippen LogP contribution in [0.15, 0.2) is 250 Å². The highest BCUT2D eigenvalue weighted by Crippen LogP contribution is 2.36. The number of ether oxygens (including phenoxy) is 2. The number of carbonyl (C=O) groups excluding carboxylic acids is 5. The molecule has 16 aromatic rings. The maximum absolute atomic E-state index is 13.3. The van der Waals surface area contributed by atoms with Gasteiger partial charge in [-0.1, -0.05) is 102 Å². The lowest BCUT2D eigenvalue weighted by Gasteiger charge is -2.36. The lowest BCUT2D eigenvalue weighted by atomic mass is 10.1. The van der Waals surface area contributed by atoms with Gasteiger partial charge in [0.2, 0.25) is 0 Å². The highest BCUT2D eigenvalue weighted by atomic mass is 19.1. The molecule has 8 aromatic carbocycles. The Kier molecular flexibility index (Phi) is 28.5. The van der Waals surface area contributed by atoms with E-state index < -0.39 is 5.91 Å². The van der Waals surface area contributed by atoms with Gasteiger partial charge in [0.25, 0.3) is 5.91 Å². The molecule has 34 heteroatoms. The molecule has 0 spiro atoms. The molecule has 3 atom stereocenters. The van der Waals surface area contributed by atoms with Crippen LogP contribution in [0, 0.1) is 31.3 Å². The molecule has 0 saturated carbocycles. The lowest BCUT2D eigenvalue weighted by Crippen LogP contribution is -2.53. The number of hydrogen-bond acceptors (Lipinski definition) is 19. The van der Waals surface area contributed by atoms with Crippen LogP contribution in [0.1, 0.15) is 77.1 Å². The van der Waals surface area contributed by atoms with Crippen LogP contribution in [0.25, 0.3) is 89.2 Å². The first-order valence-electron chi connectivity index (χ1n) is 45.4. The fraction of sp³-hybridized carbons (Fsp3) is 0.252. The maximum Gasteiger partial charge on any atom is 0.324 e. The third kappa shape index (κ3) is 22.1. The third-order valence-electron chi connectivity index (χ3n) is 25.0. The number of aromatic amines is 4. The predicted octanol–water partition coefficient (Wildman–Crippen LogP) is 17.0. The number of imide groups is 1. The monoisotopic (exact) mass is 1850 g/mol. The van der Waals surface area contributed by atoms with E-state index in [9.17, 15) is 37.1 Å². The molecule has 20 rings (SSSR count). The number of benzene rings is 8. The molecule has 4 saturated heterocycles. The number of nitrogens with one attached hydrogen (secondary N) is 8.